The van der Waals surface area contributed by atoms with Crippen molar-refractivity contribution in [2.24, 2.45) is 15.7 Å². The Bertz CT molecular complexity index is 659. The lowest BCUT2D eigenvalue weighted by atomic mass is 10.0. The fourth-order valence-corrected chi connectivity index (χ4v) is 2.09. The van der Waals surface area contributed by atoms with E-state index in [1.165, 1.54) is 6.20 Å². The number of aliphatic imine (C=N–C) groups is 2. The molecule has 0 atom stereocenters. The number of benzene rings is 1. The van der Waals surface area contributed by atoms with Gasteiger partial charge in [0.25, 0.3) is 0 Å². The maximum absolute atomic E-state index is 11.0. The van der Waals surface area contributed by atoms with Gasteiger partial charge in [-0.2, -0.15) is 0 Å². The van der Waals surface area contributed by atoms with Crippen molar-refractivity contribution in [3.8, 4) is 0 Å². The molecule has 1 rings (SSSR count). The van der Waals surface area contributed by atoms with E-state index in [9.17, 15) is 4.79 Å². The second-order valence-corrected chi connectivity index (χ2v) is 5.65. The van der Waals surface area contributed by atoms with Gasteiger partial charge in [0.1, 0.15) is 11.6 Å². The number of ketones is 1. The number of allylic oxidation sites excluding steroid dienone is 1. The minimum atomic E-state index is 0.188. The average Bonchev–Trinajstić information content (AvgIpc) is 2.62. The summed E-state index contributed by atoms with van der Waals surface area (Å²) < 4.78 is 0. The van der Waals surface area contributed by atoms with E-state index >= 15 is 0 Å². The fraction of sp³-hybridized carbons (Fsp3) is 0.350. The molecule has 134 valence electrons. The number of rotatable bonds is 10. The highest BCUT2D eigenvalue weighted by molar-refractivity contribution is 6.14. The van der Waals surface area contributed by atoms with Crippen LogP contribution in [0.2, 0.25) is 0 Å². The number of Topliss-reactive ketones (excluding diaryl/α,β-unsaturated/α-hetero) is 1. The van der Waals surface area contributed by atoms with Crippen LogP contribution in [-0.2, 0) is 11.3 Å². The molecule has 1 aromatic rings. The lowest BCUT2D eigenvalue weighted by Crippen LogP contribution is -2.16. The molecule has 0 aliphatic heterocycles. The van der Waals surface area contributed by atoms with Gasteiger partial charge >= 0.3 is 0 Å². The van der Waals surface area contributed by atoms with E-state index in [1.807, 2.05) is 18.2 Å². The molecule has 0 unspecified atom stereocenters. The zero-order valence-corrected chi connectivity index (χ0v) is 15.2. The van der Waals surface area contributed by atoms with Crippen LogP contribution in [-0.4, -0.2) is 30.9 Å². The predicted octanol–water partition coefficient (Wildman–Crippen LogP) is 3.12. The molecule has 0 fully saturated rings. The van der Waals surface area contributed by atoms with Gasteiger partial charge in [-0.3, -0.25) is 9.79 Å². The molecule has 0 aliphatic rings. The lowest BCUT2D eigenvalue weighted by molar-refractivity contribution is -0.116. The number of hydrogen-bond donors (Lipinski definition) is 2. The van der Waals surface area contributed by atoms with Gasteiger partial charge in [0.15, 0.2) is 0 Å². The minimum absolute atomic E-state index is 0.188. The molecule has 0 spiro atoms. The van der Waals surface area contributed by atoms with E-state index in [2.05, 4.69) is 34.9 Å². The van der Waals surface area contributed by atoms with Gasteiger partial charge in [0.05, 0.1) is 0 Å². The van der Waals surface area contributed by atoms with Crippen molar-refractivity contribution < 1.29 is 4.79 Å². The summed E-state index contributed by atoms with van der Waals surface area (Å²) >= 11 is 0. The normalized spacial score (nSPS) is 12.6. The van der Waals surface area contributed by atoms with Crippen LogP contribution in [0, 0.1) is 0 Å². The first-order valence-corrected chi connectivity index (χ1v) is 8.53. The maximum Gasteiger partial charge on any atom is 0.146 e. The number of nitrogens with zero attached hydrogens (tertiary/aromatic N) is 2. The number of nitrogens with two attached hydrogens (primary N) is 1. The van der Waals surface area contributed by atoms with E-state index < -0.39 is 0 Å². The zero-order chi connectivity index (χ0) is 18.5. The van der Waals surface area contributed by atoms with Crippen LogP contribution in [0.1, 0.15) is 37.8 Å². The molecule has 5 heteroatoms. The van der Waals surface area contributed by atoms with E-state index in [1.54, 1.807) is 19.2 Å². The molecule has 25 heavy (non-hydrogen) atoms. The molecule has 0 radical (unpaired) electrons. The second-order valence-electron chi connectivity index (χ2n) is 5.65. The molecule has 0 bridgehead atoms. The number of carbonyl (C=O) groups excluding carboxylic acids is 1. The Morgan fingerprint density at radius 3 is 2.84 bits per heavy atom. The largest absolute Gasteiger partial charge is 0.404 e. The molecular weight excluding hydrogens is 312 g/mol. The second kappa shape index (κ2) is 11.9. The minimum Gasteiger partial charge on any atom is -0.404 e. The molecule has 0 aliphatic carbocycles. The Balaban J connectivity index is 2.78. The molecule has 3 N–H and O–H groups in total. The molecular formula is C20H28N4O. The summed E-state index contributed by atoms with van der Waals surface area (Å²) in [7, 11) is 0. The first kappa shape index (κ1) is 20.5. The Morgan fingerprint density at radius 1 is 1.40 bits per heavy atom. The third kappa shape index (κ3) is 8.22. The van der Waals surface area contributed by atoms with Gasteiger partial charge in [-0.15, -0.1) is 0 Å². The molecule has 0 saturated heterocycles. The highest BCUT2D eigenvalue weighted by Gasteiger charge is 2.01. The van der Waals surface area contributed by atoms with Gasteiger partial charge in [-0.05, 0) is 36.6 Å². The predicted molar refractivity (Wildman–Crippen MR) is 107 cm³/mol. The summed E-state index contributed by atoms with van der Waals surface area (Å²) in [5.74, 6) is 0.789. The summed E-state index contributed by atoms with van der Waals surface area (Å²) in [6, 6.07) is 8.06. The Hall–Kier alpha value is -2.53. The highest BCUT2D eigenvalue weighted by Crippen LogP contribution is 2.14. The quantitative estimate of drug-likeness (QED) is 0.390. The number of amidine groups is 1. The van der Waals surface area contributed by atoms with Crippen LogP contribution >= 0.6 is 0 Å². The van der Waals surface area contributed by atoms with Crippen LogP contribution in [0.5, 0.6) is 0 Å². The van der Waals surface area contributed by atoms with Gasteiger partial charge in [-0.1, -0.05) is 31.7 Å². The average molecular weight is 340 g/mol. The fourth-order valence-electron chi connectivity index (χ4n) is 2.09. The topological polar surface area (TPSA) is 79.8 Å². The summed E-state index contributed by atoms with van der Waals surface area (Å²) in [6.07, 6.45) is 6.38. The third-order valence-electron chi connectivity index (χ3n) is 3.44. The van der Waals surface area contributed by atoms with Gasteiger partial charge in [-0.25, -0.2) is 4.99 Å². The molecule has 5 nitrogen and oxygen atoms in total. The van der Waals surface area contributed by atoms with E-state index in [-0.39, 0.29) is 5.78 Å². The Morgan fingerprint density at radius 2 is 2.20 bits per heavy atom. The van der Waals surface area contributed by atoms with Crippen molar-refractivity contribution in [3.63, 3.8) is 0 Å². The maximum atomic E-state index is 11.0. The van der Waals surface area contributed by atoms with Crippen molar-refractivity contribution in [2.75, 3.05) is 13.1 Å². The van der Waals surface area contributed by atoms with Crippen LogP contribution in [0.15, 0.2) is 53.1 Å². The third-order valence-corrected chi connectivity index (χ3v) is 3.44. The summed E-state index contributed by atoms with van der Waals surface area (Å²) in [5.41, 5.74) is 8.69. The van der Waals surface area contributed by atoms with Crippen LogP contribution < -0.4 is 11.1 Å². The van der Waals surface area contributed by atoms with Crippen LogP contribution in [0.4, 0.5) is 0 Å². The smallest absolute Gasteiger partial charge is 0.146 e. The molecule has 0 aromatic heterocycles. The lowest BCUT2D eigenvalue weighted by Gasteiger charge is -2.07. The van der Waals surface area contributed by atoms with Crippen molar-refractivity contribution in [2.45, 2.75) is 33.2 Å². The highest BCUT2D eigenvalue weighted by atomic mass is 16.1. The van der Waals surface area contributed by atoms with E-state index in [4.69, 9.17) is 5.73 Å². The molecule has 0 saturated carbocycles. The first-order chi connectivity index (χ1) is 12.1. The van der Waals surface area contributed by atoms with Crippen molar-refractivity contribution in [1.29, 1.82) is 0 Å². The Labute approximate surface area is 150 Å². The summed E-state index contributed by atoms with van der Waals surface area (Å²) in [4.78, 5) is 19.7. The van der Waals surface area contributed by atoms with Crippen molar-refractivity contribution >= 4 is 23.4 Å². The standard InChI is InChI=1S/C20H28N4O/c1-4-10-23-20(5-2)24-15-19(13-21)18-8-6-7-17(12-18)14-22-11-9-16(3)25/h5-8,12-13,15,22H,2,4,9-11,14,21H2,1,3H3. The summed E-state index contributed by atoms with van der Waals surface area (Å²) in [6.45, 7) is 9.50. The Kier molecular flexibility index (Phi) is 9.78. The molecule has 0 heterocycles. The molecule has 0 amide bonds. The number of hydrogen-bond acceptors (Lipinski definition) is 4. The SMILES string of the molecule is C=CC(N=CC(=CN)c1cccc(CNCCC(C)=O)c1)=NCCC. The van der Waals surface area contributed by atoms with Gasteiger partial charge in [0.2, 0.25) is 0 Å². The van der Waals surface area contributed by atoms with Crippen molar-refractivity contribution in [3.05, 3.63) is 54.2 Å². The van der Waals surface area contributed by atoms with Crippen LogP contribution in [0.25, 0.3) is 5.57 Å². The van der Waals surface area contributed by atoms with E-state index in [0.29, 0.717) is 25.3 Å². The number of carbonyl (C=O) groups is 1. The summed E-state index contributed by atoms with van der Waals surface area (Å²) in [5, 5.41) is 3.26. The van der Waals surface area contributed by atoms with Gasteiger partial charge < -0.3 is 11.1 Å². The van der Waals surface area contributed by atoms with Gasteiger partial charge in [0, 0.05) is 44.0 Å². The number of nitrogens with one attached hydrogen (secondary N) is 1. The van der Waals surface area contributed by atoms with E-state index in [0.717, 1.165) is 29.7 Å². The van der Waals surface area contributed by atoms with Crippen LogP contribution in [0.3, 0.4) is 0 Å². The zero-order valence-electron chi connectivity index (χ0n) is 15.2. The monoisotopic (exact) mass is 340 g/mol. The van der Waals surface area contributed by atoms with Crippen molar-refractivity contribution in [1.82, 2.24) is 5.32 Å². The first-order valence-electron chi connectivity index (χ1n) is 8.53. The molecule has 1 aromatic carbocycles.